The Balaban J connectivity index is 1.83. The summed E-state index contributed by atoms with van der Waals surface area (Å²) in [6, 6.07) is 6.72. The third-order valence-corrected chi connectivity index (χ3v) is 4.17. The number of carbonyl (C=O) groups is 2. The lowest BCUT2D eigenvalue weighted by atomic mass is 10.1. The van der Waals surface area contributed by atoms with Crippen LogP contribution in [0.25, 0.3) is 11.0 Å². The van der Waals surface area contributed by atoms with Crippen molar-refractivity contribution in [1.82, 2.24) is 10.8 Å². The Bertz CT molecular complexity index is 818. The van der Waals surface area contributed by atoms with Crippen LogP contribution in [0.4, 0.5) is 0 Å². The van der Waals surface area contributed by atoms with Crippen LogP contribution in [0.5, 0.6) is 0 Å². The molecule has 1 aromatic carbocycles. The van der Waals surface area contributed by atoms with E-state index in [1.165, 1.54) is 6.07 Å². The molecule has 25 heavy (non-hydrogen) atoms. The van der Waals surface area contributed by atoms with Crippen molar-refractivity contribution >= 4 is 38.7 Å². The number of hydroxylamine groups is 1. The van der Waals surface area contributed by atoms with E-state index in [4.69, 9.17) is 9.62 Å². The number of rotatable bonds is 8. The Hall–Kier alpha value is -2.19. The Morgan fingerprint density at radius 2 is 1.88 bits per heavy atom. The summed E-state index contributed by atoms with van der Waals surface area (Å²) < 4.78 is 5.99. The van der Waals surface area contributed by atoms with E-state index in [0.717, 1.165) is 23.7 Å². The number of halogens is 1. The first kappa shape index (κ1) is 19.1. The molecule has 1 aromatic heterocycles. The summed E-state index contributed by atoms with van der Waals surface area (Å²) in [5, 5.41) is 11.7. The van der Waals surface area contributed by atoms with E-state index in [1.54, 1.807) is 23.7 Å². The number of unbranched alkanes of at least 4 members (excludes halogenated alkanes) is 3. The van der Waals surface area contributed by atoms with E-state index in [0.29, 0.717) is 23.9 Å². The summed E-state index contributed by atoms with van der Waals surface area (Å²) in [4.78, 5) is 34.9. The molecule has 0 fully saturated rings. The smallest absolute Gasteiger partial charge is 0.349 e. The van der Waals surface area contributed by atoms with Crippen LogP contribution in [0, 0.1) is 0 Å². The summed E-state index contributed by atoms with van der Waals surface area (Å²) in [7, 11) is 0. The van der Waals surface area contributed by atoms with Gasteiger partial charge >= 0.3 is 5.63 Å². The van der Waals surface area contributed by atoms with Gasteiger partial charge in [-0.3, -0.25) is 14.8 Å². The van der Waals surface area contributed by atoms with Gasteiger partial charge in [0.2, 0.25) is 5.91 Å². The van der Waals surface area contributed by atoms with Crippen molar-refractivity contribution in [2.75, 3.05) is 6.54 Å². The van der Waals surface area contributed by atoms with Crippen LogP contribution in [0.3, 0.4) is 0 Å². The number of hydrogen-bond acceptors (Lipinski definition) is 5. The van der Waals surface area contributed by atoms with Crippen LogP contribution >= 0.6 is 15.9 Å². The van der Waals surface area contributed by atoms with Crippen LogP contribution in [-0.2, 0) is 4.79 Å². The molecule has 0 radical (unpaired) electrons. The lowest BCUT2D eigenvalue weighted by molar-refractivity contribution is -0.129. The first-order valence-corrected chi connectivity index (χ1v) is 8.75. The molecule has 0 atom stereocenters. The number of nitrogens with one attached hydrogen (secondary N) is 2. The van der Waals surface area contributed by atoms with Gasteiger partial charge in [-0.05, 0) is 37.1 Å². The minimum Gasteiger partial charge on any atom is -0.422 e. The lowest BCUT2D eigenvalue weighted by Gasteiger charge is -2.05. The molecule has 3 N–H and O–H groups in total. The van der Waals surface area contributed by atoms with Crippen molar-refractivity contribution in [1.29, 1.82) is 0 Å². The van der Waals surface area contributed by atoms with Crippen LogP contribution in [0.1, 0.15) is 42.5 Å². The van der Waals surface area contributed by atoms with Gasteiger partial charge in [0.15, 0.2) is 0 Å². The van der Waals surface area contributed by atoms with E-state index in [1.807, 2.05) is 0 Å². The summed E-state index contributed by atoms with van der Waals surface area (Å²) in [6.07, 6.45) is 3.32. The fraction of sp³-hybridized carbons (Fsp3) is 0.353. The van der Waals surface area contributed by atoms with Crippen molar-refractivity contribution in [2.45, 2.75) is 32.1 Å². The zero-order valence-corrected chi connectivity index (χ0v) is 15.1. The second-order valence-electron chi connectivity index (χ2n) is 5.58. The summed E-state index contributed by atoms with van der Waals surface area (Å²) in [5.41, 5.74) is 1.32. The molecule has 1 heterocycles. The van der Waals surface area contributed by atoms with Crippen molar-refractivity contribution in [2.24, 2.45) is 0 Å². The molecular formula is C17H19BrN2O5. The van der Waals surface area contributed by atoms with E-state index in [9.17, 15) is 14.4 Å². The SMILES string of the molecule is O=C(CCCCCCNC(=O)c1cc2cc(Br)ccc2oc1=O)NO. The maximum Gasteiger partial charge on any atom is 0.349 e. The third-order valence-electron chi connectivity index (χ3n) is 3.68. The molecule has 0 aliphatic rings. The molecule has 2 rings (SSSR count). The summed E-state index contributed by atoms with van der Waals surface area (Å²) in [5.74, 6) is -0.863. The third kappa shape index (κ3) is 5.68. The number of carbonyl (C=O) groups excluding carboxylic acids is 2. The second-order valence-corrected chi connectivity index (χ2v) is 6.50. The maximum atomic E-state index is 12.1. The predicted octanol–water partition coefficient (Wildman–Crippen LogP) is 2.74. The van der Waals surface area contributed by atoms with Crippen LogP contribution in [0.15, 0.2) is 37.9 Å². The molecule has 0 spiro atoms. The fourth-order valence-electron chi connectivity index (χ4n) is 2.37. The van der Waals surface area contributed by atoms with Gasteiger partial charge < -0.3 is 9.73 Å². The van der Waals surface area contributed by atoms with Crippen LogP contribution < -0.4 is 16.4 Å². The molecule has 0 unspecified atom stereocenters. The predicted molar refractivity (Wildman–Crippen MR) is 95.5 cm³/mol. The van der Waals surface area contributed by atoms with Crippen LogP contribution in [0.2, 0.25) is 0 Å². The quantitative estimate of drug-likeness (QED) is 0.268. The number of fused-ring (bicyclic) bond motifs is 1. The van der Waals surface area contributed by atoms with Crippen molar-refractivity contribution in [3.63, 3.8) is 0 Å². The van der Waals surface area contributed by atoms with E-state index >= 15 is 0 Å². The minimum atomic E-state index is -0.665. The molecule has 2 aromatic rings. The number of hydrogen-bond donors (Lipinski definition) is 3. The lowest BCUT2D eigenvalue weighted by Crippen LogP contribution is -2.29. The van der Waals surface area contributed by atoms with Gasteiger partial charge in [0.25, 0.3) is 5.91 Å². The first-order chi connectivity index (χ1) is 12.0. The number of benzene rings is 1. The van der Waals surface area contributed by atoms with Gasteiger partial charge in [0, 0.05) is 22.8 Å². The number of amides is 2. The summed E-state index contributed by atoms with van der Waals surface area (Å²) >= 11 is 3.34. The molecule has 0 saturated heterocycles. The highest BCUT2D eigenvalue weighted by atomic mass is 79.9. The van der Waals surface area contributed by atoms with Crippen molar-refractivity contribution < 1.29 is 19.2 Å². The van der Waals surface area contributed by atoms with Gasteiger partial charge in [-0.15, -0.1) is 0 Å². The molecule has 0 aliphatic heterocycles. The molecule has 0 saturated carbocycles. The van der Waals surface area contributed by atoms with Gasteiger partial charge in [0.1, 0.15) is 11.1 Å². The molecule has 8 heteroatoms. The normalized spacial score (nSPS) is 10.6. The Morgan fingerprint density at radius 1 is 1.12 bits per heavy atom. The van der Waals surface area contributed by atoms with Crippen molar-refractivity contribution in [3.8, 4) is 0 Å². The van der Waals surface area contributed by atoms with Crippen molar-refractivity contribution in [3.05, 3.63) is 44.7 Å². The maximum absolute atomic E-state index is 12.1. The average molecular weight is 411 g/mol. The fourth-order valence-corrected chi connectivity index (χ4v) is 2.75. The highest BCUT2D eigenvalue weighted by Crippen LogP contribution is 2.19. The molecule has 2 amide bonds. The van der Waals surface area contributed by atoms with Gasteiger partial charge in [0.05, 0.1) is 0 Å². The monoisotopic (exact) mass is 410 g/mol. The summed E-state index contributed by atoms with van der Waals surface area (Å²) in [6.45, 7) is 0.432. The molecule has 7 nitrogen and oxygen atoms in total. The highest BCUT2D eigenvalue weighted by molar-refractivity contribution is 9.10. The largest absolute Gasteiger partial charge is 0.422 e. The zero-order valence-electron chi connectivity index (χ0n) is 13.5. The molecular weight excluding hydrogens is 392 g/mol. The van der Waals surface area contributed by atoms with Crippen LogP contribution in [-0.4, -0.2) is 23.6 Å². The zero-order chi connectivity index (χ0) is 18.2. The Kier molecular flexibility index (Phi) is 7.15. The second kappa shape index (κ2) is 9.33. The van der Waals surface area contributed by atoms with Gasteiger partial charge in [-0.2, -0.15) is 0 Å². The standard InChI is InChI=1S/C17H19BrN2O5/c18-12-6-7-14-11(9-12)10-13(17(23)25-14)16(22)19-8-4-2-1-3-5-15(21)20-24/h6-7,9-10,24H,1-5,8H2,(H,19,22)(H,20,21). The minimum absolute atomic E-state index is 0.0229. The Morgan fingerprint density at radius 3 is 2.64 bits per heavy atom. The van der Waals surface area contributed by atoms with E-state index in [2.05, 4.69) is 21.2 Å². The van der Waals surface area contributed by atoms with E-state index in [-0.39, 0.29) is 12.0 Å². The molecule has 0 bridgehead atoms. The average Bonchev–Trinajstić information content (AvgIpc) is 2.60. The van der Waals surface area contributed by atoms with E-state index < -0.39 is 17.4 Å². The highest BCUT2D eigenvalue weighted by Gasteiger charge is 2.13. The van der Waals surface area contributed by atoms with Gasteiger partial charge in [-0.25, -0.2) is 10.3 Å². The topological polar surface area (TPSA) is 109 Å². The Labute approximate surface area is 152 Å². The molecule has 134 valence electrons. The first-order valence-electron chi connectivity index (χ1n) is 7.96. The molecule has 0 aliphatic carbocycles. The van der Waals surface area contributed by atoms with Gasteiger partial charge in [-0.1, -0.05) is 28.8 Å².